The van der Waals surface area contributed by atoms with Crippen LogP contribution in [0.1, 0.15) is 22.3 Å². The van der Waals surface area contributed by atoms with Crippen LogP contribution in [-0.4, -0.2) is 27.1 Å². The van der Waals surface area contributed by atoms with E-state index in [1.807, 2.05) is 24.3 Å². The Balaban J connectivity index is 2.03. The van der Waals surface area contributed by atoms with Gasteiger partial charge in [0.05, 0.1) is 11.9 Å². The Kier molecular flexibility index (Phi) is 4.23. The maximum absolute atomic E-state index is 11.4. The third-order valence-corrected chi connectivity index (χ3v) is 4.11. The van der Waals surface area contributed by atoms with Gasteiger partial charge in [-0.1, -0.05) is 40.2 Å². The first-order valence-corrected chi connectivity index (χ1v) is 7.38. The SMILES string of the molecule is O=C(CBr)c1ccc(CN2SCCC2=O)cc1. The molecular formula is C12H12BrNO2S. The van der Waals surface area contributed by atoms with Crippen LogP contribution >= 0.6 is 27.9 Å². The van der Waals surface area contributed by atoms with E-state index in [1.165, 1.54) is 0 Å². The minimum atomic E-state index is 0.0724. The number of alkyl halides is 1. The van der Waals surface area contributed by atoms with E-state index in [1.54, 1.807) is 16.3 Å². The summed E-state index contributed by atoms with van der Waals surface area (Å²) in [6.07, 6.45) is 0.630. The molecule has 2 rings (SSSR count). The van der Waals surface area contributed by atoms with E-state index in [2.05, 4.69) is 15.9 Å². The molecule has 0 aromatic heterocycles. The average molecular weight is 314 g/mol. The zero-order valence-corrected chi connectivity index (χ0v) is 11.6. The van der Waals surface area contributed by atoms with Crippen LogP contribution in [0.3, 0.4) is 0 Å². The molecule has 1 aliphatic heterocycles. The van der Waals surface area contributed by atoms with E-state index in [9.17, 15) is 9.59 Å². The number of rotatable bonds is 4. The summed E-state index contributed by atoms with van der Waals surface area (Å²) in [5.74, 6) is 1.14. The normalized spacial score (nSPS) is 15.4. The maximum Gasteiger partial charge on any atom is 0.233 e. The van der Waals surface area contributed by atoms with Gasteiger partial charge in [0.1, 0.15) is 0 Å². The molecule has 0 N–H and O–H groups in total. The minimum Gasteiger partial charge on any atom is -0.293 e. The Morgan fingerprint density at radius 3 is 2.59 bits per heavy atom. The highest BCUT2D eigenvalue weighted by atomic mass is 79.9. The number of nitrogens with zero attached hydrogens (tertiary/aromatic N) is 1. The van der Waals surface area contributed by atoms with E-state index in [4.69, 9.17) is 0 Å². The Morgan fingerprint density at radius 2 is 2.06 bits per heavy atom. The molecule has 1 aromatic carbocycles. The molecule has 1 saturated heterocycles. The summed E-state index contributed by atoms with van der Waals surface area (Å²) in [7, 11) is 0. The smallest absolute Gasteiger partial charge is 0.233 e. The van der Waals surface area contributed by atoms with Crippen molar-refractivity contribution >= 4 is 39.6 Å². The molecule has 17 heavy (non-hydrogen) atoms. The van der Waals surface area contributed by atoms with Crippen molar-refractivity contribution in [2.24, 2.45) is 0 Å². The van der Waals surface area contributed by atoms with Gasteiger partial charge in [-0.2, -0.15) is 0 Å². The Morgan fingerprint density at radius 1 is 1.35 bits per heavy atom. The third-order valence-electron chi connectivity index (χ3n) is 2.56. The van der Waals surface area contributed by atoms with Crippen molar-refractivity contribution in [1.29, 1.82) is 0 Å². The van der Waals surface area contributed by atoms with Gasteiger partial charge in [-0.3, -0.25) is 13.9 Å². The van der Waals surface area contributed by atoms with Gasteiger partial charge in [0, 0.05) is 17.7 Å². The lowest BCUT2D eigenvalue weighted by Crippen LogP contribution is -2.17. The zero-order chi connectivity index (χ0) is 12.3. The Labute approximate surface area is 113 Å². The number of Topliss-reactive ketones (excluding diaryl/α,β-unsaturated/α-hetero) is 1. The van der Waals surface area contributed by atoms with E-state index in [0.717, 1.165) is 11.3 Å². The lowest BCUT2D eigenvalue weighted by molar-refractivity contribution is -0.125. The van der Waals surface area contributed by atoms with E-state index < -0.39 is 0 Å². The lowest BCUT2D eigenvalue weighted by atomic mass is 10.1. The van der Waals surface area contributed by atoms with Gasteiger partial charge >= 0.3 is 0 Å². The first-order valence-electron chi connectivity index (χ1n) is 5.32. The molecule has 0 unspecified atom stereocenters. The summed E-state index contributed by atoms with van der Waals surface area (Å²) in [5.41, 5.74) is 1.75. The van der Waals surface area contributed by atoms with Gasteiger partial charge in [-0.05, 0) is 17.5 Å². The molecule has 1 aliphatic rings. The molecule has 1 aromatic rings. The second-order valence-electron chi connectivity index (χ2n) is 3.77. The Bertz CT molecular complexity index is 433. The number of hydrogen-bond acceptors (Lipinski definition) is 3. The summed E-state index contributed by atoms with van der Waals surface area (Å²) < 4.78 is 1.78. The summed E-state index contributed by atoms with van der Waals surface area (Å²) >= 11 is 4.71. The molecule has 0 atom stereocenters. The van der Waals surface area contributed by atoms with Crippen LogP contribution in [0, 0.1) is 0 Å². The second-order valence-corrected chi connectivity index (χ2v) is 5.44. The van der Waals surface area contributed by atoms with Crippen molar-refractivity contribution in [3.63, 3.8) is 0 Å². The predicted octanol–water partition coefficient (Wildman–Crippen LogP) is 2.64. The van der Waals surface area contributed by atoms with Crippen molar-refractivity contribution in [2.45, 2.75) is 13.0 Å². The van der Waals surface area contributed by atoms with Crippen LogP contribution < -0.4 is 0 Å². The van der Waals surface area contributed by atoms with Crippen LogP contribution in [0.2, 0.25) is 0 Å². The number of benzene rings is 1. The molecule has 0 saturated carbocycles. The number of halogens is 1. The van der Waals surface area contributed by atoms with Gasteiger partial charge in [-0.15, -0.1) is 0 Å². The monoisotopic (exact) mass is 313 g/mol. The van der Waals surface area contributed by atoms with Gasteiger partial charge < -0.3 is 0 Å². The quantitative estimate of drug-likeness (QED) is 0.487. The highest BCUT2D eigenvalue weighted by Gasteiger charge is 2.21. The Hall–Kier alpha value is -0.810. The van der Waals surface area contributed by atoms with Crippen molar-refractivity contribution < 1.29 is 9.59 Å². The van der Waals surface area contributed by atoms with Crippen LogP contribution in [0.5, 0.6) is 0 Å². The summed E-state index contributed by atoms with van der Waals surface area (Å²) in [4.78, 5) is 22.9. The first-order chi connectivity index (χ1) is 8.20. The minimum absolute atomic E-state index is 0.0724. The fourth-order valence-corrected chi connectivity index (χ4v) is 2.90. The van der Waals surface area contributed by atoms with Gasteiger partial charge in [0.25, 0.3) is 0 Å². The number of carbonyl (C=O) groups is 2. The van der Waals surface area contributed by atoms with Crippen molar-refractivity contribution in [3.8, 4) is 0 Å². The fourth-order valence-electron chi connectivity index (χ4n) is 1.61. The molecule has 90 valence electrons. The van der Waals surface area contributed by atoms with Crippen LogP contribution in [0.25, 0.3) is 0 Å². The van der Waals surface area contributed by atoms with Gasteiger partial charge in [0.2, 0.25) is 5.91 Å². The highest BCUT2D eigenvalue weighted by molar-refractivity contribution is 9.09. The zero-order valence-electron chi connectivity index (χ0n) is 9.19. The molecular weight excluding hydrogens is 302 g/mol. The standard InChI is InChI=1S/C12H12BrNO2S/c13-7-11(15)10-3-1-9(2-4-10)8-14-12(16)5-6-17-14/h1-4H,5-8H2. The maximum atomic E-state index is 11.4. The first kappa shape index (κ1) is 12.6. The molecule has 0 spiro atoms. The second kappa shape index (κ2) is 5.69. The molecule has 0 radical (unpaired) electrons. The molecule has 1 heterocycles. The highest BCUT2D eigenvalue weighted by Crippen LogP contribution is 2.24. The summed E-state index contributed by atoms with van der Waals surface area (Å²) in [6.45, 7) is 0.617. The van der Waals surface area contributed by atoms with Gasteiger partial charge in [0.15, 0.2) is 5.78 Å². The van der Waals surface area contributed by atoms with Crippen LogP contribution in [0.15, 0.2) is 24.3 Å². The largest absolute Gasteiger partial charge is 0.293 e. The van der Waals surface area contributed by atoms with E-state index >= 15 is 0 Å². The molecule has 3 nitrogen and oxygen atoms in total. The topological polar surface area (TPSA) is 37.4 Å². The molecule has 5 heteroatoms. The number of hydrogen-bond donors (Lipinski definition) is 0. The molecule has 0 bridgehead atoms. The number of amides is 1. The molecule has 1 amide bonds. The average Bonchev–Trinajstić information content (AvgIpc) is 2.75. The van der Waals surface area contributed by atoms with Crippen LogP contribution in [0.4, 0.5) is 0 Å². The van der Waals surface area contributed by atoms with Gasteiger partial charge in [-0.25, -0.2) is 0 Å². The van der Waals surface area contributed by atoms with Crippen molar-refractivity contribution in [2.75, 3.05) is 11.1 Å². The van der Waals surface area contributed by atoms with Crippen molar-refractivity contribution in [3.05, 3.63) is 35.4 Å². The predicted molar refractivity (Wildman–Crippen MR) is 72.2 cm³/mol. The number of carbonyl (C=O) groups excluding carboxylic acids is 2. The van der Waals surface area contributed by atoms with Crippen LogP contribution in [-0.2, 0) is 11.3 Å². The third kappa shape index (κ3) is 3.10. The summed E-state index contributed by atoms with van der Waals surface area (Å²) in [5, 5.41) is 0.340. The van der Waals surface area contributed by atoms with E-state index in [-0.39, 0.29) is 11.7 Å². The molecule has 0 aliphatic carbocycles. The van der Waals surface area contributed by atoms with E-state index in [0.29, 0.717) is 23.9 Å². The summed E-state index contributed by atoms with van der Waals surface area (Å²) in [6, 6.07) is 7.43. The molecule has 1 fully saturated rings. The fraction of sp³-hybridized carbons (Fsp3) is 0.333. The number of ketones is 1. The lowest BCUT2D eigenvalue weighted by Gasteiger charge is -2.13. The van der Waals surface area contributed by atoms with Crippen molar-refractivity contribution in [1.82, 2.24) is 4.31 Å².